The van der Waals surface area contributed by atoms with E-state index in [0.717, 1.165) is 36.8 Å². The molecule has 5 nitrogen and oxygen atoms in total. The van der Waals surface area contributed by atoms with Crippen molar-refractivity contribution in [2.75, 3.05) is 44.4 Å². The van der Waals surface area contributed by atoms with Crippen LogP contribution >= 0.6 is 0 Å². The molecule has 1 aliphatic rings. The fraction of sp³-hybridized carbons (Fsp3) is 0.667. The number of anilines is 2. The maximum Gasteiger partial charge on any atom is 0.224 e. The summed E-state index contributed by atoms with van der Waals surface area (Å²) in [5, 5.41) is 3.40. The molecule has 2 heterocycles. The predicted octanol–water partition coefficient (Wildman–Crippen LogP) is 0.967. The molecule has 0 aliphatic carbocycles. The first-order valence-corrected chi connectivity index (χ1v) is 6.02. The van der Waals surface area contributed by atoms with E-state index in [9.17, 15) is 0 Å². The summed E-state index contributed by atoms with van der Waals surface area (Å²) in [7, 11) is 6.15. The van der Waals surface area contributed by atoms with E-state index >= 15 is 0 Å². The lowest BCUT2D eigenvalue weighted by molar-refractivity contribution is 0.414. The number of aromatic nitrogens is 2. The van der Waals surface area contributed by atoms with Gasteiger partial charge in [0.1, 0.15) is 5.82 Å². The molecule has 94 valence electrons. The highest BCUT2D eigenvalue weighted by molar-refractivity contribution is 5.47. The van der Waals surface area contributed by atoms with Crippen LogP contribution in [0.2, 0.25) is 0 Å². The van der Waals surface area contributed by atoms with E-state index in [0.29, 0.717) is 6.04 Å². The van der Waals surface area contributed by atoms with Crippen molar-refractivity contribution < 1.29 is 0 Å². The van der Waals surface area contributed by atoms with Crippen LogP contribution in [-0.4, -0.2) is 55.1 Å². The third-order valence-electron chi connectivity index (χ3n) is 3.09. The molecule has 0 saturated carbocycles. The molecule has 1 atom stereocenters. The standard InChI is InChI=1S/C12H21N5/c1-9-7-13-12(15-11(9)16(2)3)14-10-5-6-17(4)8-10/h7,10H,5-6,8H2,1-4H3,(H,13,14,15). The summed E-state index contributed by atoms with van der Waals surface area (Å²) in [6, 6.07) is 0.470. The van der Waals surface area contributed by atoms with Gasteiger partial charge in [-0.15, -0.1) is 0 Å². The summed E-state index contributed by atoms with van der Waals surface area (Å²) >= 11 is 0. The van der Waals surface area contributed by atoms with Gasteiger partial charge < -0.3 is 15.1 Å². The fourth-order valence-electron chi connectivity index (χ4n) is 2.19. The number of hydrogen-bond donors (Lipinski definition) is 1. The molecule has 0 amide bonds. The molecule has 0 aromatic carbocycles. The van der Waals surface area contributed by atoms with Gasteiger partial charge in [-0.25, -0.2) is 4.98 Å². The molecule has 2 rings (SSSR count). The van der Waals surface area contributed by atoms with Gasteiger partial charge in [0, 0.05) is 38.4 Å². The minimum absolute atomic E-state index is 0.470. The van der Waals surface area contributed by atoms with Gasteiger partial charge in [-0.1, -0.05) is 0 Å². The molecule has 1 fully saturated rings. The summed E-state index contributed by atoms with van der Waals surface area (Å²) in [6.45, 7) is 4.24. The number of likely N-dealkylation sites (N-methyl/N-ethyl adjacent to an activating group) is 1. The van der Waals surface area contributed by atoms with Crippen LogP contribution in [-0.2, 0) is 0 Å². The maximum atomic E-state index is 4.55. The van der Waals surface area contributed by atoms with Gasteiger partial charge >= 0.3 is 0 Å². The Morgan fingerprint density at radius 2 is 2.24 bits per heavy atom. The lowest BCUT2D eigenvalue weighted by Crippen LogP contribution is -2.25. The number of nitrogens with one attached hydrogen (secondary N) is 1. The minimum Gasteiger partial charge on any atom is -0.362 e. The van der Waals surface area contributed by atoms with Crippen LogP contribution in [0.15, 0.2) is 6.20 Å². The third-order valence-corrected chi connectivity index (χ3v) is 3.09. The molecule has 0 radical (unpaired) electrons. The van der Waals surface area contributed by atoms with Crippen LogP contribution in [0.5, 0.6) is 0 Å². The van der Waals surface area contributed by atoms with Crippen molar-refractivity contribution in [1.29, 1.82) is 0 Å². The minimum atomic E-state index is 0.470. The van der Waals surface area contributed by atoms with E-state index in [1.165, 1.54) is 0 Å². The Hall–Kier alpha value is -1.36. The molecule has 1 aromatic heterocycles. The van der Waals surface area contributed by atoms with Gasteiger partial charge in [0.25, 0.3) is 0 Å². The Bertz CT molecular complexity index is 390. The van der Waals surface area contributed by atoms with Crippen LogP contribution < -0.4 is 10.2 Å². The first kappa shape index (κ1) is 12.1. The Labute approximate surface area is 103 Å². The topological polar surface area (TPSA) is 44.3 Å². The summed E-state index contributed by atoms with van der Waals surface area (Å²) in [5.74, 6) is 1.72. The van der Waals surface area contributed by atoms with Gasteiger partial charge in [0.05, 0.1) is 0 Å². The van der Waals surface area contributed by atoms with Gasteiger partial charge in [0.2, 0.25) is 5.95 Å². The van der Waals surface area contributed by atoms with Gasteiger partial charge in [-0.05, 0) is 26.9 Å². The van der Waals surface area contributed by atoms with Crippen molar-refractivity contribution in [3.05, 3.63) is 11.8 Å². The molecule has 1 unspecified atom stereocenters. The monoisotopic (exact) mass is 235 g/mol. The Kier molecular flexibility index (Phi) is 3.47. The molecule has 1 saturated heterocycles. The molecule has 1 aromatic rings. The van der Waals surface area contributed by atoms with Crippen LogP contribution in [0, 0.1) is 6.92 Å². The Balaban J connectivity index is 2.08. The second-order valence-corrected chi connectivity index (χ2v) is 4.99. The highest BCUT2D eigenvalue weighted by atomic mass is 15.2. The highest BCUT2D eigenvalue weighted by Gasteiger charge is 2.20. The predicted molar refractivity (Wildman–Crippen MR) is 70.6 cm³/mol. The lowest BCUT2D eigenvalue weighted by Gasteiger charge is -2.17. The van der Waals surface area contributed by atoms with E-state index in [1.54, 1.807) is 0 Å². The van der Waals surface area contributed by atoms with E-state index in [-0.39, 0.29) is 0 Å². The number of rotatable bonds is 3. The zero-order valence-electron chi connectivity index (χ0n) is 11.1. The fourth-order valence-corrected chi connectivity index (χ4v) is 2.19. The molecule has 5 heteroatoms. The average Bonchev–Trinajstić information content (AvgIpc) is 2.66. The molecular formula is C12H21N5. The number of likely N-dealkylation sites (tertiary alicyclic amines) is 1. The SMILES string of the molecule is Cc1cnc(NC2CCN(C)C2)nc1N(C)C. The first-order valence-electron chi connectivity index (χ1n) is 6.02. The zero-order valence-corrected chi connectivity index (χ0v) is 11.1. The van der Waals surface area contributed by atoms with Crippen molar-refractivity contribution in [3.8, 4) is 0 Å². The lowest BCUT2D eigenvalue weighted by atomic mass is 10.3. The van der Waals surface area contributed by atoms with Gasteiger partial charge in [0.15, 0.2) is 0 Å². The van der Waals surface area contributed by atoms with E-state index < -0.39 is 0 Å². The summed E-state index contributed by atoms with van der Waals surface area (Å²) < 4.78 is 0. The summed E-state index contributed by atoms with van der Waals surface area (Å²) in [4.78, 5) is 13.2. The highest BCUT2D eigenvalue weighted by Crippen LogP contribution is 2.17. The molecule has 0 spiro atoms. The summed E-state index contributed by atoms with van der Waals surface area (Å²) in [5.41, 5.74) is 1.10. The Morgan fingerprint density at radius 1 is 1.47 bits per heavy atom. The first-order chi connectivity index (χ1) is 8.06. The molecule has 17 heavy (non-hydrogen) atoms. The van der Waals surface area contributed by atoms with Crippen LogP contribution in [0.3, 0.4) is 0 Å². The number of nitrogens with zero attached hydrogens (tertiary/aromatic N) is 4. The molecule has 1 N–H and O–H groups in total. The molecular weight excluding hydrogens is 214 g/mol. The van der Waals surface area contributed by atoms with Crippen molar-refractivity contribution >= 4 is 11.8 Å². The van der Waals surface area contributed by atoms with Crippen LogP contribution in [0.4, 0.5) is 11.8 Å². The second-order valence-electron chi connectivity index (χ2n) is 4.99. The van der Waals surface area contributed by atoms with Crippen LogP contribution in [0.1, 0.15) is 12.0 Å². The quantitative estimate of drug-likeness (QED) is 0.845. The van der Waals surface area contributed by atoms with Crippen molar-refractivity contribution in [3.63, 3.8) is 0 Å². The van der Waals surface area contributed by atoms with Gasteiger partial charge in [-0.3, -0.25) is 0 Å². The second kappa shape index (κ2) is 4.87. The molecule has 1 aliphatic heterocycles. The summed E-state index contributed by atoms with van der Waals surface area (Å²) in [6.07, 6.45) is 3.04. The Morgan fingerprint density at radius 3 is 2.82 bits per heavy atom. The zero-order chi connectivity index (χ0) is 12.4. The normalized spacial score (nSPS) is 20.6. The third kappa shape index (κ3) is 2.85. The van der Waals surface area contributed by atoms with E-state index in [4.69, 9.17) is 0 Å². The maximum absolute atomic E-state index is 4.55. The average molecular weight is 235 g/mol. The van der Waals surface area contributed by atoms with Crippen molar-refractivity contribution in [2.45, 2.75) is 19.4 Å². The largest absolute Gasteiger partial charge is 0.362 e. The van der Waals surface area contributed by atoms with Crippen LogP contribution in [0.25, 0.3) is 0 Å². The molecule has 0 bridgehead atoms. The van der Waals surface area contributed by atoms with E-state index in [2.05, 4.69) is 27.2 Å². The van der Waals surface area contributed by atoms with Crippen molar-refractivity contribution in [1.82, 2.24) is 14.9 Å². The van der Waals surface area contributed by atoms with Crippen molar-refractivity contribution in [2.24, 2.45) is 0 Å². The van der Waals surface area contributed by atoms with Gasteiger partial charge in [-0.2, -0.15) is 4.98 Å². The van der Waals surface area contributed by atoms with E-state index in [1.807, 2.05) is 32.1 Å². The number of aryl methyl sites for hydroxylation is 1. The smallest absolute Gasteiger partial charge is 0.224 e. The number of hydrogen-bond acceptors (Lipinski definition) is 5.